The van der Waals surface area contributed by atoms with Gasteiger partial charge in [0.1, 0.15) is 0 Å². The smallest absolute Gasteiger partial charge is 0.306 e. The first kappa shape index (κ1) is 13.4. The molecule has 1 saturated carbocycles. The second-order valence-corrected chi connectivity index (χ2v) is 5.54. The summed E-state index contributed by atoms with van der Waals surface area (Å²) < 4.78 is 27.6. The topological polar surface area (TPSA) is 95.5 Å². The van der Waals surface area contributed by atoms with Crippen LogP contribution in [0.25, 0.3) is 0 Å². The summed E-state index contributed by atoms with van der Waals surface area (Å²) in [5.41, 5.74) is 0. The molecule has 0 bridgehead atoms. The van der Waals surface area contributed by atoms with Gasteiger partial charge in [-0.2, -0.15) is 13.1 Å². The molecule has 0 unspecified atom stereocenters. The van der Waals surface area contributed by atoms with E-state index >= 15 is 0 Å². The van der Waals surface area contributed by atoms with E-state index in [2.05, 4.69) is 9.44 Å². The predicted molar refractivity (Wildman–Crippen MR) is 59.1 cm³/mol. The van der Waals surface area contributed by atoms with Gasteiger partial charge in [-0.3, -0.25) is 4.79 Å². The van der Waals surface area contributed by atoms with Gasteiger partial charge >= 0.3 is 5.97 Å². The normalized spacial score (nSPS) is 26.6. The summed E-state index contributed by atoms with van der Waals surface area (Å²) in [6, 6.07) is -0.139. The predicted octanol–water partition coefficient (Wildman–Crippen LogP) is 0.0737. The Bertz CT molecular complexity index is 333. The molecule has 16 heavy (non-hydrogen) atoms. The number of nitrogens with one attached hydrogen (secondary N) is 2. The third kappa shape index (κ3) is 4.07. The summed E-state index contributed by atoms with van der Waals surface area (Å²) in [6.45, 7) is 2.06. The Morgan fingerprint density at radius 2 is 1.88 bits per heavy atom. The molecule has 0 heterocycles. The van der Waals surface area contributed by atoms with Crippen molar-refractivity contribution in [2.24, 2.45) is 5.92 Å². The van der Waals surface area contributed by atoms with E-state index in [4.69, 9.17) is 5.11 Å². The van der Waals surface area contributed by atoms with E-state index in [1.165, 1.54) is 0 Å². The number of hydrogen-bond donors (Lipinski definition) is 3. The van der Waals surface area contributed by atoms with Crippen molar-refractivity contribution in [2.45, 2.75) is 38.6 Å². The lowest BCUT2D eigenvalue weighted by atomic mass is 9.87. The van der Waals surface area contributed by atoms with Crippen LogP contribution in [0.3, 0.4) is 0 Å². The Labute approximate surface area is 95.6 Å². The van der Waals surface area contributed by atoms with Crippen molar-refractivity contribution in [2.75, 3.05) is 6.54 Å². The van der Waals surface area contributed by atoms with Gasteiger partial charge < -0.3 is 5.11 Å². The minimum atomic E-state index is -3.42. The molecule has 1 aliphatic carbocycles. The SMILES string of the molecule is CCNS(=O)(=O)NC1CCC(C(=O)O)CC1. The first-order chi connectivity index (χ1) is 7.44. The van der Waals surface area contributed by atoms with Crippen LogP contribution in [0.4, 0.5) is 0 Å². The highest BCUT2D eigenvalue weighted by atomic mass is 32.2. The zero-order chi connectivity index (χ0) is 12.2. The average Bonchev–Trinajstić information content (AvgIpc) is 2.17. The third-order valence-corrected chi connectivity index (χ3v) is 4.04. The zero-order valence-corrected chi connectivity index (χ0v) is 10.1. The molecule has 1 fully saturated rings. The lowest BCUT2D eigenvalue weighted by Crippen LogP contribution is -2.44. The molecule has 0 aliphatic heterocycles. The average molecular weight is 250 g/mol. The fourth-order valence-corrected chi connectivity index (χ4v) is 3.05. The molecule has 0 aromatic rings. The molecule has 0 radical (unpaired) electrons. The monoisotopic (exact) mass is 250 g/mol. The molecule has 0 atom stereocenters. The lowest BCUT2D eigenvalue weighted by molar-refractivity contribution is -0.142. The maximum absolute atomic E-state index is 11.4. The van der Waals surface area contributed by atoms with Crippen molar-refractivity contribution < 1.29 is 18.3 Å². The fraction of sp³-hybridized carbons (Fsp3) is 0.889. The molecule has 94 valence electrons. The Hall–Kier alpha value is -0.660. The van der Waals surface area contributed by atoms with E-state index in [0.29, 0.717) is 32.2 Å². The van der Waals surface area contributed by atoms with Crippen molar-refractivity contribution in [3.63, 3.8) is 0 Å². The zero-order valence-electron chi connectivity index (χ0n) is 9.27. The summed E-state index contributed by atoms with van der Waals surface area (Å²) in [4.78, 5) is 10.7. The van der Waals surface area contributed by atoms with Gasteiger partial charge in [0.15, 0.2) is 0 Å². The van der Waals surface area contributed by atoms with Crippen LogP contribution >= 0.6 is 0 Å². The number of carboxylic acids is 1. The van der Waals surface area contributed by atoms with Crippen molar-refractivity contribution in [3.8, 4) is 0 Å². The van der Waals surface area contributed by atoms with Crippen LogP contribution < -0.4 is 9.44 Å². The van der Waals surface area contributed by atoms with Gasteiger partial charge in [-0.15, -0.1) is 0 Å². The second-order valence-electron chi connectivity index (χ2n) is 4.01. The second kappa shape index (κ2) is 5.60. The Morgan fingerprint density at radius 3 is 2.31 bits per heavy atom. The Balaban J connectivity index is 2.40. The van der Waals surface area contributed by atoms with Gasteiger partial charge in [-0.1, -0.05) is 6.92 Å². The highest BCUT2D eigenvalue weighted by Crippen LogP contribution is 2.24. The van der Waals surface area contributed by atoms with Crippen LogP contribution in [0.1, 0.15) is 32.6 Å². The van der Waals surface area contributed by atoms with Gasteiger partial charge in [-0.25, -0.2) is 4.72 Å². The van der Waals surface area contributed by atoms with E-state index in [1.807, 2.05) is 0 Å². The van der Waals surface area contributed by atoms with Crippen LogP contribution in [0.15, 0.2) is 0 Å². The number of rotatable bonds is 5. The molecule has 0 saturated heterocycles. The van der Waals surface area contributed by atoms with E-state index < -0.39 is 16.2 Å². The molecule has 7 heteroatoms. The van der Waals surface area contributed by atoms with Crippen molar-refractivity contribution in [1.82, 2.24) is 9.44 Å². The standard InChI is InChI=1S/C9H18N2O4S/c1-2-10-16(14,15)11-8-5-3-7(4-6-8)9(12)13/h7-8,10-11H,2-6H2,1H3,(H,12,13). The fourth-order valence-electron chi connectivity index (χ4n) is 1.91. The van der Waals surface area contributed by atoms with Gasteiger partial charge in [0.25, 0.3) is 10.2 Å². The van der Waals surface area contributed by atoms with Crippen LogP contribution in [-0.2, 0) is 15.0 Å². The lowest BCUT2D eigenvalue weighted by Gasteiger charge is -2.26. The highest BCUT2D eigenvalue weighted by Gasteiger charge is 2.27. The minimum Gasteiger partial charge on any atom is -0.481 e. The molecule has 0 aromatic carbocycles. The molecule has 0 amide bonds. The van der Waals surface area contributed by atoms with Crippen LogP contribution in [0.5, 0.6) is 0 Å². The summed E-state index contributed by atoms with van der Waals surface area (Å²) in [7, 11) is -3.42. The molecule has 1 rings (SSSR count). The number of aliphatic carboxylic acids is 1. The molecule has 3 N–H and O–H groups in total. The molecule has 0 spiro atoms. The first-order valence-corrected chi connectivity index (χ1v) is 6.92. The van der Waals surface area contributed by atoms with Gasteiger partial charge in [0.05, 0.1) is 5.92 Å². The van der Waals surface area contributed by atoms with Crippen LogP contribution in [-0.4, -0.2) is 32.1 Å². The van der Waals surface area contributed by atoms with E-state index in [9.17, 15) is 13.2 Å². The number of carboxylic acid groups (broad SMARTS) is 1. The Kier molecular flexibility index (Phi) is 4.69. The molecule has 1 aliphatic rings. The summed E-state index contributed by atoms with van der Waals surface area (Å²) in [5.74, 6) is -1.10. The van der Waals surface area contributed by atoms with Crippen molar-refractivity contribution in [1.29, 1.82) is 0 Å². The first-order valence-electron chi connectivity index (χ1n) is 5.44. The maximum atomic E-state index is 11.4. The summed E-state index contributed by atoms with van der Waals surface area (Å²) in [5, 5.41) is 8.79. The quantitative estimate of drug-likeness (QED) is 0.643. The van der Waals surface area contributed by atoms with Crippen molar-refractivity contribution in [3.05, 3.63) is 0 Å². The van der Waals surface area contributed by atoms with Crippen LogP contribution in [0.2, 0.25) is 0 Å². The van der Waals surface area contributed by atoms with Gasteiger partial charge in [-0.05, 0) is 25.7 Å². The van der Waals surface area contributed by atoms with Crippen LogP contribution in [0, 0.1) is 5.92 Å². The van der Waals surface area contributed by atoms with Crippen molar-refractivity contribution >= 4 is 16.2 Å². The molecule has 6 nitrogen and oxygen atoms in total. The van der Waals surface area contributed by atoms with E-state index in [1.54, 1.807) is 6.92 Å². The molecule has 0 aromatic heterocycles. The van der Waals surface area contributed by atoms with Gasteiger partial charge in [0, 0.05) is 12.6 Å². The highest BCUT2D eigenvalue weighted by molar-refractivity contribution is 7.87. The third-order valence-electron chi connectivity index (χ3n) is 2.73. The minimum absolute atomic E-state index is 0.139. The van der Waals surface area contributed by atoms with E-state index in [0.717, 1.165) is 0 Å². The molecular formula is C9H18N2O4S. The Morgan fingerprint density at radius 1 is 1.31 bits per heavy atom. The van der Waals surface area contributed by atoms with E-state index in [-0.39, 0.29) is 12.0 Å². The summed E-state index contributed by atoms with van der Waals surface area (Å²) in [6.07, 6.45) is 2.24. The van der Waals surface area contributed by atoms with Gasteiger partial charge in [0.2, 0.25) is 0 Å². The summed E-state index contributed by atoms with van der Waals surface area (Å²) >= 11 is 0. The number of hydrogen-bond acceptors (Lipinski definition) is 3. The largest absolute Gasteiger partial charge is 0.481 e. The molecular weight excluding hydrogens is 232 g/mol. The maximum Gasteiger partial charge on any atom is 0.306 e. The number of carbonyl (C=O) groups is 1.